The van der Waals surface area contributed by atoms with Gasteiger partial charge in [-0.15, -0.1) is 0 Å². The minimum Gasteiger partial charge on any atom is -0.492 e. The average Bonchev–Trinajstić information content (AvgIpc) is 3.32. The number of carbonyl (C=O) groups is 2. The van der Waals surface area contributed by atoms with Crippen LogP contribution >= 0.6 is 23.4 Å². The van der Waals surface area contributed by atoms with Crippen molar-refractivity contribution in [3.63, 3.8) is 0 Å². The van der Waals surface area contributed by atoms with Crippen molar-refractivity contribution in [3.05, 3.63) is 106 Å². The highest BCUT2D eigenvalue weighted by Gasteiger charge is 2.35. The van der Waals surface area contributed by atoms with E-state index in [-0.39, 0.29) is 24.3 Å². The van der Waals surface area contributed by atoms with Crippen LogP contribution in [-0.2, 0) is 11.3 Å². The first-order valence-corrected chi connectivity index (χ1v) is 12.4. The number of carbonyl (C=O) groups excluding carboxylic acids is 2. The van der Waals surface area contributed by atoms with E-state index in [1.807, 2.05) is 85.9 Å². The van der Waals surface area contributed by atoms with E-state index in [0.29, 0.717) is 16.5 Å². The monoisotopic (exact) mass is 502 g/mol. The largest absolute Gasteiger partial charge is 0.492 e. The van der Waals surface area contributed by atoms with Crippen LogP contribution in [0.3, 0.4) is 0 Å². The lowest BCUT2D eigenvalue weighted by atomic mass is 10.1. The second-order valence-corrected chi connectivity index (χ2v) is 9.78. The number of amides is 2. The molecule has 0 unspecified atom stereocenters. The molecule has 7 heteroatoms. The van der Waals surface area contributed by atoms with E-state index in [4.69, 9.17) is 16.3 Å². The van der Waals surface area contributed by atoms with Crippen LogP contribution in [-0.4, -0.2) is 33.8 Å². The minimum absolute atomic E-state index is 0.203. The Morgan fingerprint density at radius 3 is 2.60 bits per heavy atom. The first-order chi connectivity index (χ1) is 17.0. The van der Waals surface area contributed by atoms with Crippen molar-refractivity contribution in [2.45, 2.75) is 13.5 Å². The zero-order chi connectivity index (χ0) is 24.4. The van der Waals surface area contributed by atoms with Crippen molar-refractivity contribution in [3.8, 4) is 5.75 Å². The molecule has 1 saturated heterocycles. The molecular weight excluding hydrogens is 480 g/mol. The maximum absolute atomic E-state index is 13.0. The van der Waals surface area contributed by atoms with Crippen molar-refractivity contribution >= 4 is 51.5 Å². The molecule has 2 amide bonds. The van der Waals surface area contributed by atoms with Crippen LogP contribution in [0.4, 0.5) is 4.79 Å². The van der Waals surface area contributed by atoms with Gasteiger partial charge in [-0.3, -0.25) is 14.5 Å². The van der Waals surface area contributed by atoms with E-state index in [0.717, 1.165) is 45.1 Å². The van der Waals surface area contributed by atoms with E-state index in [2.05, 4.69) is 10.6 Å². The molecule has 1 fully saturated rings. The average molecular weight is 503 g/mol. The van der Waals surface area contributed by atoms with Gasteiger partial charge in [0.2, 0.25) is 0 Å². The summed E-state index contributed by atoms with van der Waals surface area (Å²) >= 11 is 6.99. The summed E-state index contributed by atoms with van der Waals surface area (Å²) in [5.74, 6) is 0.434. The van der Waals surface area contributed by atoms with Crippen LogP contribution in [0.25, 0.3) is 17.0 Å². The number of benzene rings is 3. The Labute approximate surface area is 212 Å². The van der Waals surface area contributed by atoms with Gasteiger partial charge in [0, 0.05) is 34.2 Å². The number of rotatable bonds is 7. The van der Waals surface area contributed by atoms with E-state index >= 15 is 0 Å². The maximum Gasteiger partial charge on any atom is 0.293 e. The summed E-state index contributed by atoms with van der Waals surface area (Å²) in [5.41, 5.74) is 4.16. The third kappa shape index (κ3) is 5.14. The number of fused-ring (bicyclic) bond motifs is 1. The van der Waals surface area contributed by atoms with Crippen molar-refractivity contribution in [2.75, 3.05) is 13.2 Å². The quantitative estimate of drug-likeness (QED) is 0.262. The zero-order valence-electron chi connectivity index (χ0n) is 19.1. The van der Waals surface area contributed by atoms with Gasteiger partial charge < -0.3 is 9.30 Å². The van der Waals surface area contributed by atoms with Gasteiger partial charge in [0.15, 0.2) is 0 Å². The molecule has 0 radical (unpaired) electrons. The smallest absolute Gasteiger partial charge is 0.293 e. The van der Waals surface area contributed by atoms with Crippen LogP contribution in [0, 0.1) is 6.92 Å². The summed E-state index contributed by atoms with van der Waals surface area (Å²) in [4.78, 5) is 27.3. The molecule has 0 spiro atoms. The Bertz CT molecular complexity index is 1440. The lowest BCUT2D eigenvalue weighted by Gasteiger charge is -2.13. The Kier molecular flexibility index (Phi) is 6.66. The van der Waals surface area contributed by atoms with Crippen LogP contribution in [0.15, 0.2) is 83.9 Å². The molecule has 1 aliphatic rings. The summed E-state index contributed by atoms with van der Waals surface area (Å²) in [5, 5.41) is 1.45. The second kappa shape index (κ2) is 10.0. The van der Waals surface area contributed by atoms with Crippen molar-refractivity contribution in [1.29, 1.82) is 0 Å². The fourth-order valence-electron chi connectivity index (χ4n) is 4.10. The molecule has 5 rings (SSSR count). The molecule has 2 heterocycles. The van der Waals surface area contributed by atoms with E-state index < -0.39 is 0 Å². The van der Waals surface area contributed by atoms with Crippen LogP contribution in [0.5, 0.6) is 5.75 Å². The van der Waals surface area contributed by atoms with Gasteiger partial charge in [-0.2, -0.15) is 0 Å². The predicted octanol–water partition coefficient (Wildman–Crippen LogP) is 6.77. The molecule has 5 nitrogen and oxygen atoms in total. The molecule has 176 valence electrons. The number of aryl methyl sites for hydroxylation is 1. The number of hydrogen-bond donors (Lipinski definition) is 0. The summed E-state index contributed by atoms with van der Waals surface area (Å²) < 4.78 is 7.88. The SMILES string of the molecule is Cc1cccc(OCCN2C(=O)S/C(=C\c3cn(Cc4ccc(Cl)cc4)c4ccccc34)C2=O)c1. The highest BCUT2D eigenvalue weighted by molar-refractivity contribution is 8.18. The Morgan fingerprint density at radius 2 is 1.80 bits per heavy atom. The molecular formula is C28H23ClN2O3S. The molecule has 1 aromatic heterocycles. The molecule has 0 N–H and O–H groups in total. The first-order valence-electron chi connectivity index (χ1n) is 11.2. The number of ether oxygens (including phenoxy) is 1. The van der Waals surface area contributed by atoms with Gasteiger partial charge in [-0.1, -0.05) is 54.1 Å². The van der Waals surface area contributed by atoms with E-state index in [1.165, 1.54) is 4.90 Å². The van der Waals surface area contributed by atoms with Gasteiger partial charge in [0.1, 0.15) is 12.4 Å². The lowest BCUT2D eigenvalue weighted by molar-refractivity contribution is -0.123. The lowest BCUT2D eigenvalue weighted by Crippen LogP contribution is -2.32. The summed E-state index contributed by atoms with van der Waals surface area (Å²) in [6, 6.07) is 23.5. The summed E-state index contributed by atoms with van der Waals surface area (Å²) in [6.45, 7) is 3.10. The third-order valence-corrected chi connectivity index (χ3v) is 6.98. The van der Waals surface area contributed by atoms with Crippen LogP contribution in [0.1, 0.15) is 16.7 Å². The Hall–Kier alpha value is -3.48. The van der Waals surface area contributed by atoms with Crippen LogP contribution < -0.4 is 4.74 Å². The third-order valence-electron chi connectivity index (χ3n) is 5.82. The van der Waals surface area contributed by atoms with Crippen LogP contribution in [0.2, 0.25) is 5.02 Å². The standard InChI is InChI=1S/C28H23ClN2O3S/c1-19-5-4-6-23(15-19)34-14-13-31-27(32)26(35-28(31)33)16-21-18-30(25-8-3-2-7-24(21)25)17-20-9-11-22(29)12-10-20/h2-12,15-16,18H,13-14,17H2,1H3/b26-16-. The molecule has 4 aromatic rings. The Balaban J connectivity index is 1.34. The molecule has 0 bridgehead atoms. The number of imide groups is 1. The molecule has 0 saturated carbocycles. The molecule has 0 atom stereocenters. The zero-order valence-corrected chi connectivity index (χ0v) is 20.7. The highest BCUT2D eigenvalue weighted by Crippen LogP contribution is 2.34. The second-order valence-electron chi connectivity index (χ2n) is 8.35. The summed E-state index contributed by atoms with van der Waals surface area (Å²) in [7, 11) is 0. The summed E-state index contributed by atoms with van der Waals surface area (Å²) in [6.07, 6.45) is 3.83. The van der Waals surface area contributed by atoms with Gasteiger partial charge >= 0.3 is 0 Å². The fourth-order valence-corrected chi connectivity index (χ4v) is 5.08. The maximum atomic E-state index is 13.0. The van der Waals surface area contributed by atoms with Crippen molar-refractivity contribution in [1.82, 2.24) is 9.47 Å². The van der Waals surface area contributed by atoms with Gasteiger partial charge in [0.25, 0.3) is 11.1 Å². The van der Waals surface area contributed by atoms with Crippen molar-refractivity contribution < 1.29 is 14.3 Å². The minimum atomic E-state index is -0.289. The van der Waals surface area contributed by atoms with E-state index in [9.17, 15) is 9.59 Å². The molecule has 0 aliphatic carbocycles. The first kappa shape index (κ1) is 23.3. The van der Waals surface area contributed by atoms with Gasteiger partial charge in [0.05, 0.1) is 11.4 Å². The molecule has 3 aromatic carbocycles. The predicted molar refractivity (Wildman–Crippen MR) is 142 cm³/mol. The van der Waals surface area contributed by atoms with Crippen molar-refractivity contribution in [2.24, 2.45) is 0 Å². The number of aromatic nitrogens is 1. The number of hydrogen-bond acceptors (Lipinski definition) is 4. The Morgan fingerprint density at radius 1 is 1.00 bits per heavy atom. The van der Waals surface area contributed by atoms with Gasteiger partial charge in [-0.05, 0) is 66.2 Å². The highest BCUT2D eigenvalue weighted by atomic mass is 35.5. The number of para-hydroxylation sites is 1. The number of halogens is 1. The topological polar surface area (TPSA) is 51.5 Å². The fraction of sp³-hybridized carbons (Fsp3) is 0.143. The van der Waals surface area contributed by atoms with Gasteiger partial charge in [-0.25, -0.2) is 0 Å². The van der Waals surface area contributed by atoms with E-state index in [1.54, 1.807) is 0 Å². The number of thioether (sulfide) groups is 1. The normalized spacial score (nSPS) is 14.9. The molecule has 1 aliphatic heterocycles. The number of nitrogens with zero attached hydrogens (tertiary/aromatic N) is 2. The molecule has 35 heavy (non-hydrogen) atoms.